The largest absolute Gasteiger partial charge is 0.507 e. The van der Waals surface area contributed by atoms with E-state index in [9.17, 15) is 10.2 Å². The zero-order valence-electron chi connectivity index (χ0n) is 12.1. The molecule has 20 heavy (non-hydrogen) atoms. The summed E-state index contributed by atoms with van der Waals surface area (Å²) in [5, 5.41) is 23.2. The summed E-state index contributed by atoms with van der Waals surface area (Å²) in [5.74, 6) is 0.225. The Kier molecular flexibility index (Phi) is 4.30. The van der Waals surface area contributed by atoms with Gasteiger partial charge in [0.25, 0.3) is 0 Å². The number of benzene rings is 2. The number of phenols is 2. The summed E-state index contributed by atoms with van der Waals surface area (Å²) in [6.07, 6.45) is 0. The number of aromatic hydroxyl groups is 2. The summed E-state index contributed by atoms with van der Waals surface area (Å²) in [5.41, 5.74) is 2.94. The average molecular weight is 271 g/mol. The van der Waals surface area contributed by atoms with Gasteiger partial charge in [-0.1, -0.05) is 35.9 Å². The van der Waals surface area contributed by atoms with Crippen LogP contribution in [0.4, 0.5) is 0 Å². The summed E-state index contributed by atoms with van der Waals surface area (Å²) in [4.78, 5) is 0. The SMILES string of the molecule is Cc1cccc([C@H](C)NC(C)c2c(O)cccc2O)c1. The molecule has 106 valence electrons. The van der Waals surface area contributed by atoms with Crippen LogP contribution in [0.15, 0.2) is 42.5 Å². The van der Waals surface area contributed by atoms with Gasteiger partial charge in [0.1, 0.15) is 11.5 Å². The summed E-state index contributed by atoms with van der Waals surface area (Å²) in [7, 11) is 0. The maximum Gasteiger partial charge on any atom is 0.124 e. The second kappa shape index (κ2) is 5.97. The zero-order valence-corrected chi connectivity index (χ0v) is 12.1. The molecule has 2 aromatic carbocycles. The molecule has 0 spiro atoms. The molecule has 0 aliphatic carbocycles. The lowest BCUT2D eigenvalue weighted by Crippen LogP contribution is -2.22. The topological polar surface area (TPSA) is 52.5 Å². The number of aryl methyl sites for hydroxylation is 1. The van der Waals surface area contributed by atoms with Gasteiger partial charge in [0.15, 0.2) is 0 Å². The maximum absolute atomic E-state index is 9.89. The van der Waals surface area contributed by atoms with Gasteiger partial charge in [-0.3, -0.25) is 0 Å². The fraction of sp³-hybridized carbons (Fsp3) is 0.294. The Morgan fingerprint density at radius 3 is 2.10 bits per heavy atom. The Balaban J connectivity index is 2.17. The normalized spacial score (nSPS) is 13.9. The fourth-order valence-corrected chi connectivity index (χ4v) is 2.48. The van der Waals surface area contributed by atoms with E-state index in [1.54, 1.807) is 18.2 Å². The standard InChI is InChI=1S/C17H21NO2/c1-11-6-4-7-14(10-11)12(2)18-13(3)17-15(19)8-5-9-16(17)20/h4-10,12-13,18-20H,1-3H3/t12-,13?/m0/s1. The predicted octanol–water partition coefficient (Wildman–Crippen LogP) is 3.82. The Morgan fingerprint density at radius 1 is 0.900 bits per heavy atom. The first-order valence-electron chi connectivity index (χ1n) is 6.82. The monoisotopic (exact) mass is 271 g/mol. The highest BCUT2D eigenvalue weighted by Crippen LogP contribution is 2.33. The molecule has 0 heterocycles. The van der Waals surface area contributed by atoms with E-state index in [1.807, 2.05) is 13.0 Å². The van der Waals surface area contributed by atoms with Crippen LogP contribution in [0.25, 0.3) is 0 Å². The van der Waals surface area contributed by atoms with Crippen molar-refractivity contribution in [2.75, 3.05) is 0 Å². The third-order valence-corrected chi connectivity index (χ3v) is 3.54. The smallest absolute Gasteiger partial charge is 0.124 e. The Hall–Kier alpha value is -2.00. The van der Waals surface area contributed by atoms with Gasteiger partial charge in [0.05, 0.1) is 5.56 Å². The molecule has 2 atom stereocenters. The van der Waals surface area contributed by atoms with E-state index < -0.39 is 0 Å². The number of nitrogens with one attached hydrogen (secondary N) is 1. The van der Waals surface area contributed by atoms with E-state index in [2.05, 4.69) is 37.4 Å². The highest BCUT2D eigenvalue weighted by molar-refractivity contribution is 5.45. The lowest BCUT2D eigenvalue weighted by Gasteiger charge is -2.22. The summed E-state index contributed by atoms with van der Waals surface area (Å²) < 4.78 is 0. The van der Waals surface area contributed by atoms with Gasteiger partial charge in [-0.05, 0) is 38.5 Å². The maximum atomic E-state index is 9.89. The number of hydrogen-bond acceptors (Lipinski definition) is 3. The van der Waals surface area contributed by atoms with Crippen molar-refractivity contribution in [3.05, 3.63) is 59.2 Å². The van der Waals surface area contributed by atoms with Crippen molar-refractivity contribution in [2.24, 2.45) is 0 Å². The van der Waals surface area contributed by atoms with Crippen LogP contribution >= 0.6 is 0 Å². The third kappa shape index (κ3) is 3.11. The second-order valence-corrected chi connectivity index (χ2v) is 5.23. The molecule has 3 nitrogen and oxygen atoms in total. The van der Waals surface area contributed by atoms with E-state index in [0.29, 0.717) is 5.56 Å². The molecule has 0 radical (unpaired) electrons. The van der Waals surface area contributed by atoms with Crippen molar-refractivity contribution in [1.82, 2.24) is 5.32 Å². The van der Waals surface area contributed by atoms with Crippen LogP contribution in [0.1, 0.15) is 42.6 Å². The zero-order chi connectivity index (χ0) is 14.7. The van der Waals surface area contributed by atoms with Crippen molar-refractivity contribution >= 4 is 0 Å². The first-order chi connectivity index (χ1) is 9.49. The van der Waals surface area contributed by atoms with Gasteiger partial charge in [-0.15, -0.1) is 0 Å². The van der Waals surface area contributed by atoms with E-state index >= 15 is 0 Å². The molecular formula is C17H21NO2. The Morgan fingerprint density at radius 2 is 1.50 bits per heavy atom. The van der Waals surface area contributed by atoms with E-state index in [4.69, 9.17) is 0 Å². The first kappa shape index (κ1) is 14.4. The van der Waals surface area contributed by atoms with Crippen molar-refractivity contribution in [3.8, 4) is 11.5 Å². The van der Waals surface area contributed by atoms with Crippen molar-refractivity contribution < 1.29 is 10.2 Å². The summed E-state index contributed by atoms with van der Waals surface area (Å²) in [6.45, 7) is 6.07. The average Bonchev–Trinajstić information content (AvgIpc) is 2.38. The molecule has 3 heteroatoms. The molecule has 0 bridgehead atoms. The minimum atomic E-state index is -0.147. The lowest BCUT2D eigenvalue weighted by molar-refractivity contribution is 0.407. The van der Waals surface area contributed by atoms with Gasteiger partial charge >= 0.3 is 0 Å². The molecule has 1 unspecified atom stereocenters. The molecule has 0 aliphatic heterocycles. The quantitative estimate of drug-likeness (QED) is 0.792. The van der Waals surface area contributed by atoms with Crippen LogP contribution in [0.3, 0.4) is 0 Å². The van der Waals surface area contributed by atoms with Crippen molar-refractivity contribution in [2.45, 2.75) is 32.9 Å². The van der Waals surface area contributed by atoms with Crippen LogP contribution in [-0.4, -0.2) is 10.2 Å². The molecule has 3 N–H and O–H groups in total. The molecule has 0 saturated heterocycles. The molecule has 0 aromatic heterocycles. The number of rotatable bonds is 4. The minimum Gasteiger partial charge on any atom is -0.507 e. The highest BCUT2D eigenvalue weighted by Gasteiger charge is 2.17. The van der Waals surface area contributed by atoms with E-state index in [1.165, 1.54) is 11.1 Å². The molecule has 2 rings (SSSR count). The minimum absolute atomic E-state index is 0.112. The van der Waals surface area contributed by atoms with Crippen LogP contribution < -0.4 is 5.32 Å². The van der Waals surface area contributed by atoms with Crippen molar-refractivity contribution in [3.63, 3.8) is 0 Å². The first-order valence-corrected chi connectivity index (χ1v) is 6.82. The fourth-order valence-electron chi connectivity index (χ4n) is 2.48. The van der Waals surface area contributed by atoms with Crippen LogP contribution in [0.2, 0.25) is 0 Å². The summed E-state index contributed by atoms with van der Waals surface area (Å²) in [6, 6.07) is 13.1. The van der Waals surface area contributed by atoms with E-state index in [0.717, 1.165) is 0 Å². The van der Waals surface area contributed by atoms with Crippen molar-refractivity contribution in [1.29, 1.82) is 0 Å². The second-order valence-electron chi connectivity index (χ2n) is 5.23. The molecular weight excluding hydrogens is 250 g/mol. The van der Waals surface area contributed by atoms with Crippen LogP contribution in [0.5, 0.6) is 11.5 Å². The van der Waals surface area contributed by atoms with Gasteiger partial charge in [0.2, 0.25) is 0 Å². The van der Waals surface area contributed by atoms with E-state index in [-0.39, 0.29) is 23.6 Å². The van der Waals surface area contributed by atoms with Crippen LogP contribution in [-0.2, 0) is 0 Å². The lowest BCUT2D eigenvalue weighted by atomic mass is 10.0. The molecule has 0 aliphatic rings. The molecule has 0 fully saturated rings. The van der Waals surface area contributed by atoms with Gasteiger partial charge in [-0.2, -0.15) is 0 Å². The van der Waals surface area contributed by atoms with Crippen LogP contribution in [0, 0.1) is 6.92 Å². The van der Waals surface area contributed by atoms with Gasteiger partial charge in [0, 0.05) is 12.1 Å². The Bertz CT molecular complexity index is 575. The molecule has 0 amide bonds. The number of hydrogen-bond donors (Lipinski definition) is 3. The summed E-state index contributed by atoms with van der Waals surface area (Å²) >= 11 is 0. The van der Waals surface area contributed by atoms with Gasteiger partial charge in [-0.25, -0.2) is 0 Å². The number of phenolic OH excluding ortho intramolecular Hbond substituents is 2. The molecule has 2 aromatic rings. The third-order valence-electron chi connectivity index (χ3n) is 3.54. The highest BCUT2D eigenvalue weighted by atomic mass is 16.3. The van der Waals surface area contributed by atoms with Gasteiger partial charge < -0.3 is 15.5 Å². The molecule has 0 saturated carbocycles. The predicted molar refractivity (Wildman–Crippen MR) is 80.9 cm³/mol. The Labute approximate surface area is 119 Å².